The molecule has 24 heavy (non-hydrogen) atoms. The van der Waals surface area contributed by atoms with E-state index in [2.05, 4.69) is 6.07 Å². The summed E-state index contributed by atoms with van der Waals surface area (Å²) in [5, 5.41) is 9.55. The second-order valence-electron chi connectivity index (χ2n) is 6.56. The van der Waals surface area contributed by atoms with Crippen molar-refractivity contribution in [3.8, 4) is 6.07 Å². The van der Waals surface area contributed by atoms with Crippen molar-refractivity contribution in [3.63, 3.8) is 0 Å². The van der Waals surface area contributed by atoms with E-state index in [1.165, 1.54) is 12.1 Å². The molecule has 1 aliphatic carbocycles. The molecule has 0 spiro atoms. The first-order valence-corrected chi connectivity index (χ1v) is 8.18. The van der Waals surface area contributed by atoms with Crippen LogP contribution in [-0.4, -0.2) is 41.9 Å². The number of nitriles is 1. The summed E-state index contributed by atoms with van der Waals surface area (Å²) >= 11 is 0. The highest BCUT2D eigenvalue weighted by molar-refractivity contribution is 5.79. The van der Waals surface area contributed by atoms with Crippen LogP contribution in [-0.2, 0) is 11.3 Å². The lowest BCUT2D eigenvalue weighted by atomic mass is 9.81. The Morgan fingerprint density at radius 2 is 1.92 bits per heavy atom. The lowest BCUT2D eigenvalue weighted by Gasteiger charge is -2.39. The Hall–Kier alpha value is -2.00. The van der Waals surface area contributed by atoms with Gasteiger partial charge in [-0.3, -0.25) is 9.69 Å². The fraction of sp³-hybridized carbons (Fsp3) is 0.556. The summed E-state index contributed by atoms with van der Waals surface area (Å²) in [7, 11) is 3.37. The second kappa shape index (κ2) is 7.71. The highest BCUT2D eigenvalue weighted by atomic mass is 19.1. The molecule has 1 fully saturated rings. The maximum Gasteiger partial charge on any atom is 0.237 e. The molecule has 0 aliphatic heterocycles. The Kier molecular flexibility index (Phi) is 5.89. The summed E-state index contributed by atoms with van der Waals surface area (Å²) in [5.74, 6) is -1.41. The highest BCUT2D eigenvalue weighted by Crippen LogP contribution is 2.32. The lowest BCUT2D eigenvalue weighted by molar-refractivity contribution is -0.135. The first kappa shape index (κ1) is 18.3. The zero-order valence-corrected chi connectivity index (χ0v) is 14.2. The Morgan fingerprint density at radius 3 is 2.50 bits per heavy atom. The number of hydrogen-bond acceptors (Lipinski definition) is 3. The van der Waals surface area contributed by atoms with Gasteiger partial charge in [-0.2, -0.15) is 5.26 Å². The molecule has 0 N–H and O–H groups in total. The molecule has 0 heterocycles. The second-order valence-corrected chi connectivity index (χ2v) is 6.56. The molecule has 2 rings (SSSR count). The van der Waals surface area contributed by atoms with E-state index in [9.17, 15) is 18.8 Å². The minimum atomic E-state index is -0.725. The lowest BCUT2D eigenvalue weighted by Crippen LogP contribution is -2.52. The van der Waals surface area contributed by atoms with E-state index < -0.39 is 17.2 Å². The van der Waals surface area contributed by atoms with Gasteiger partial charge in [0.1, 0.15) is 17.2 Å². The fourth-order valence-corrected chi connectivity index (χ4v) is 3.23. The third kappa shape index (κ3) is 4.09. The molecule has 1 aromatic carbocycles. The maximum atomic E-state index is 13.7. The third-order valence-corrected chi connectivity index (χ3v) is 4.77. The third-order valence-electron chi connectivity index (χ3n) is 4.77. The average Bonchev–Trinajstić information content (AvgIpc) is 2.57. The van der Waals surface area contributed by atoms with Gasteiger partial charge in [0.05, 0.1) is 12.6 Å². The largest absolute Gasteiger partial charge is 0.326 e. The normalized spacial score (nSPS) is 16.7. The van der Waals surface area contributed by atoms with Crippen LogP contribution < -0.4 is 0 Å². The molecule has 6 heteroatoms. The Morgan fingerprint density at radius 1 is 1.25 bits per heavy atom. The summed E-state index contributed by atoms with van der Waals surface area (Å²) in [4.78, 5) is 15.7. The Bertz CT molecular complexity index is 636. The van der Waals surface area contributed by atoms with Crippen LogP contribution in [0, 0.1) is 23.0 Å². The van der Waals surface area contributed by atoms with Crippen LogP contribution >= 0.6 is 0 Å². The van der Waals surface area contributed by atoms with Gasteiger partial charge >= 0.3 is 0 Å². The zero-order chi connectivity index (χ0) is 17.7. The molecular formula is C18H23F2N3O. The first-order valence-electron chi connectivity index (χ1n) is 8.18. The van der Waals surface area contributed by atoms with Crippen molar-refractivity contribution >= 4 is 5.91 Å². The summed E-state index contributed by atoms with van der Waals surface area (Å²) in [6, 6.07) is 5.74. The van der Waals surface area contributed by atoms with Gasteiger partial charge < -0.3 is 4.90 Å². The van der Waals surface area contributed by atoms with E-state index >= 15 is 0 Å². The molecule has 130 valence electrons. The minimum Gasteiger partial charge on any atom is -0.326 e. The number of hydrogen-bond donors (Lipinski definition) is 0. The van der Waals surface area contributed by atoms with Crippen LogP contribution in [0.15, 0.2) is 18.2 Å². The molecule has 0 saturated heterocycles. The Balaban J connectivity index is 1.99. The van der Waals surface area contributed by atoms with E-state index in [0.29, 0.717) is 18.4 Å². The van der Waals surface area contributed by atoms with Crippen molar-refractivity contribution in [1.29, 1.82) is 5.26 Å². The molecule has 1 aliphatic rings. The van der Waals surface area contributed by atoms with Crippen molar-refractivity contribution in [2.45, 2.75) is 44.2 Å². The maximum absolute atomic E-state index is 13.7. The number of benzene rings is 1. The SMILES string of the molecule is CN(CC(=O)N(C)C1(C#N)CCCCC1)Cc1ccc(F)cc1F. The van der Waals surface area contributed by atoms with Gasteiger partial charge in [-0.25, -0.2) is 8.78 Å². The quantitative estimate of drug-likeness (QED) is 0.831. The number of likely N-dealkylation sites (N-methyl/N-ethyl adjacent to an activating group) is 2. The molecule has 0 atom stereocenters. The molecular weight excluding hydrogens is 312 g/mol. The van der Waals surface area contributed by atoms with Crippen molar-refractivity contribution in [3.05, 3.63) is 35.4 Å². The number of nitrogens with zero attached hydrogens (tertiary/aromatic N) is 3. The summed E-state index contributed by atoms with van der Waals surface area (Å²) in [6.45, 7) is 0.280. The fourth-order valence-electron chi connectivity index (χ4n) is 3.23. The van der Waals surface area contributed by atoms with Gasteiger partial charge in [0.25, 0.3) is 0 Å². The molecule has 1 aromatic rings. The summed E-state index contributed by atoms with van der Waals surface area (Å²) < 4.78 is 26.7. The van der Waals surface area contributed by atoms with Crippen LogP contribution in [0.4, 0.5) is 8.78 Å². The van der Waals surface area contributed by atoms with Crippen molar-refractivity contribution in [2.75, 3.05) is 20.6 Å². The Labute approximate surface area is 141 Å². The van der Waals surface area contributed by atoms with Gasteiger partial charge in [0.2, 0.25) is 5.91 Å². The van der Waals surface area contributed by atoms with Crippen molar-refractivity contribution in [1.82, 2.24) is 9.80 Å². The molecule has 0 bridgehead atoms. The van der Waals surface area contributed by atoms with Gasteiger partial charge in [-0.05, 0) is 26.0 Å². The van der Waals surface area contributed by atoms with Crippen molar-refractivity contribution in [2.24, 2.45) is 0 Å². The van der Waals surface area contributed by atoms with Gasteiger partial charge in [0, 0.05) is 25.2 Å². The number of halogens is 2. The molecule has 1 amide bonds. The van der Waals surface area contributed by atoms with E-state index in [4.69, 9.17) is 0 Å². The van der Waals surface area contributed by atoms with Crippen LogP contribution in [0.2, 0.25) is 0 Å². The molecule has 0 aromatic heterocycles. The van der Waals surface area contributed by atoms with Crippen LogP contribution in [0.3, 0.4) is 0 Å². The number of amides is 1. The highest BCUT2D eigenvalue weighted by Gasteiger charge is 2.38. The number of carbonyl (C=O) groups is 1. The average molecular weight is 335 g/mol. The number of rotatable bonds is 5. The predicted octanol–water partition coefficient (Wildman–Crippen LogP) is 3.08. The smallest absolute Gasteiger partial charge is 0.237 e. The van der Waals surface area contributed by atoms with E-state index in [0.717, 1.165) is 25.3 Å². The predicted molar refractivity (Wildman–Crippen MR) is 86.9 cm³/mol. The van der Waals surface area contributed by atoms with E-state index in [1.54, 1.807) is 23.9 Å². The van der Waals surface area contributed by atoms with Crippen LogP contribution in [0.25, 0.3) is 0 Å². The monoisotopic (exact) mass is 335 g/mol. The molecule has 0 radical (unpaired) electrons. The van der Waals surface area contributed by atoms with Crippen molar-refractivity contribution < 1.29 is 13.6 Å². The zero-order valence-electron chi connectivity index (χ0n) is 14.2. The van der Waals surface area contributed by atoms with Gasteiger partial charge in [0.15, 0.2) is 0 Å². The van der Waals surface area contributed by atoms with E-state index in [-0.39, 0.29) is 19.0 Å². The molecule has 4 nitrogen and oxygen atoms in total. The standard InChI is InChI=1S/C18H23F2N3O/c1-22(11-14-6-7-15(19)10-16(14)20)12-17(24)23(2)18(13-21)8-4-3-5-9-18/h6-7,10H,3-5,8-9,11-12H2,1-2H3. The van der Waals surface area contributed by atoms with Gasteiger partial charge in [-0.15, -0.1) is 0 Å². The van der Waals surface area contributed by atoms with Crippen LogP contribution in [0.1, 0.15) is 37.7 Å². The van der Waals surface area contributed by atoms with Crippen LogP contribution in [0.5, 0.6) is 0 Å². The molecule has 0 unspecified atom stereocenters. The summed E-state index contributed by atoms with van der Waals surface area (Å²) in [6.07, 6.45) is 4.38. The number of carbonyl (C=O) groups excluding carboxylic acids is 1. The topological polar surface area (TPSA) is 47.3 Å². The molecule has 1 saturated carbocycles. The van der Waals surface area contributed by atoms with Gasteiger partial charge in [-0.1, -0.05) is 25.3 Å². The first-order chi connectivity index (χ1) is 11.4. The van der Waals surface area contributed by atoms with E-state index in [1.807, 2.05) is 0 Å². The minimum absolute atomic E-state index is 0.0801. The summed E-state index contributed by atoms with van der Waals surface area (Å²) in [5.41, 5.74) is -0.390.